The molecule has 0 unspecified atom stereocenters. The first-order chi connectivity index (χ1) is 19.0. The molecule has 4 heteroatoms. The number of rotatable bonds is 13. The lowest BCUT2D eigenvalue weighted by atomic mass is 10.0. The molecule has 0 aliphatic carbocycles. The van der Waals surface area contributed by atoms with Crippen molar-refractivity contribution in [2.45, 2.75) is 81.1 Å². The van der Waals surface area contributed by atoms with E-state index < -0.39 is 0 Å². The van der Waals surface area contributed by atoms with Gasteiger partial charge in [-0.05, 0) is 124 Å². The van der Waals surface area contributed by atoms with Crippen LogP contribution in [0.4, 0.5) is 5.69 Å². The first-order valence-corrected chi connectivity index (χ1v) is 16.1. The molecule has 0 bridgehead atoms. The third kappa shape index (κ3) is 18.7. The first-order valence-electron chi connectivity index (χ1n) is 14.1. The van der Waals surface area contributed by atoms with Crippen LogP contribution in [0.5, 0.6) is 0 Å². The van der Waals surface area contributed by atoms with Crippen molar-refractivity contribution in [2.75, 3.05) is 11.5 Å². The number of aliphatic imine (C=N–C) groups is 1. The number of benzene rings is 2. The van der Waals surface area contributed by atoms with Gasteiger partial charge in [0.1, 0.15) is 0 Å². The third-order valence-electron chi connectivity index (χ3n) is 5.85. The molecule has 0 aromatic heterocycles. The molecule has 0 saturated carbocycles. The van der Waals surface area contributed by atoms with Crippen LogP contribution in [0.3, 0.4) is 0 Å². The lowest BCUT2D eigenvalue weighted by Gasteiger charge is -2.03. The maximum Gasteiger partial charge on any atom is 0.160 e. The van der Waals surface area contributed by atoms with E-state index in [1.807, 2.05) is 31.2 Å². The van der Waals surface area contributed by atoms with Crippen molar-refractivity contribution in [3.05, 3.63) is 106 Å². The molecule has 218 valence electrons. The van der Waals surface area contributed by atoms with E-state index in [2.05, 4.69) is 107 Å². The van der Waals surface area contributed by atoms with Gasteiger partial charge in [-0.25, -0.2) is 0 Å². The third-order valence-corrected chi connectivity index (χ3v) is 8.05. The van der Waals surface area contributed by atoms with Crippen molar-refractivity contribution in [3.63, 3.8) is 0 Å². The van der Waals surface area contributed by atoms with Gasteiger partial charge >= 0.3 is 0 Å². The summed E-state index contributed by atoms with van der Waals surface area (Å²) in [7, 11) is 0. The number of aryl methyl sites for hydroxylation is 2. The van der Waals surface area contributed by atoms with Crippen LogP contribution in [0.15, 0.2) is 94.2 Å². The lowest BCUT2D eigenvalue weighted by Crippen LogP contribution is -1.94. The maximum atomic E-state index is 10.9. The minimum atomic E-state index is -0.0534. The van der Waals surface area contributed by atoms with Crippen LogP contribution in [0.1, 0.15) is 83.9 Å². The molecule has 40 heavy (non-hydrogen) atoms. The van der Waals surface area contributed by atoms with Crippen molar-refractivity contribution >= 4 is 46.8 Å². The molecule has 2 rings (SSSR count). The fraction of sp³-hybridized carbons (Fsp3) is 0.389. The molecule has 0 atom stereocenters. The number of hydrogen-bond acceptors (Lipinski definition) is 4. The Labute approximate surface area is 254 Å². The van der Waals surface area contributed by atoms with E-state index in [1.54, 1.807) is 11.8 Å². The van der Waals surface area contributed by atoms with E-state index in [0.717, 1.165) is 11.3 Å². The van der Waals surface area contributed by atoms with Crippen LogP contribution in [0, 0.1) is 13.8 Å². The molecule has 0 spiro atoms. The Morgan fingerprint density at radius 3 is 2.08 bits per heavy atom. The van der Waals surface area contributed by atoms with Crippen molar-refractivity contribution in [1.29, 1.82) is 0 Å². The van der Waals surface area contributed by atoms with Crippen LogP contribution >= 0.6 is 23.5 Å². The van der Waals surface area contributed by atoms with Crippen molar-refractivity contribution in [3.8, 4) is 0 Å². The maximum absolute atomic E-state index is 10.9. The second-order valence-electron chi connectivity index (χ2n) is 9.77. The quantitative estimate of drug-likeness (QED) is 0.135. The fourth-order valence-corrected chi connectivity index (χ4v) is 4.65. The molecule has 2 aromatic carbocycles. The predicted molar refractivity (Wildman–Crippen MR) is 187 cm³/mol. The molecule has 0 radical (unpaired) electrons. The highest BCUT2D eigenvalue weighted by Crippen LogP contribution is 2.20. The van der Waals surface area contributed by atoms with E-state index in [0.29, 0.717) is 5.57 Å². The van der Waals surface area contributed by atoms with Crippen LogP contribution < -0.4 is 0 Å². The Bertz CT molecular complexity index is 1140. The van der Waals surface area contributed by atoms with Crippen LogP contribution in [0.2, 0.25) is 0 Å². The minimum absolute atomic E-state index is 0.0534. The summed E-state index contributed by atoms with van der Waals surface area (Å²) in [6, 6.07) is 16.2. The molecular weight excluding hydrogens is 527 g/mol. The average molecular weight is 578 g/mol. The summed E-state index contributed by atoms with van der Waals surface area (Å²) in [6.45, 7) is 23.8. The second-order valence-corrected chi connectivity index (χ2v) is 12.2. The number of thioether (sulfide) groups is 2. The summed E-state index contributed by atoms with van der Waals surface area (Å²) in [5, 5.41) is 2.24. The van der Waals surface area contributed by atoms with Gasteiger partial charge in [0.25, 0.3) is 0 Å². The lowest BCUT2D eigenvalue weighted by molar-refractivity contribution is -0.113. The van der Waals surface area contributed by atoms with Gasteiger partial charge in [0, 0.05) is 11.8 Å². The molecule has 2 aromatic rings. The number of carbonyl (C=O) groups excluding carboxylic acids is 1. The van der Waals surface area contributed by atoms with E-state index in [9.17, 15) is 4.79 Å². The number of carbonyl (C=O) groups is 1. The Morgan fingerprint density at radius 1 is 0.900 bits per heavy atom. The smallest absolute Gasteiger partial charge is 0.160 e. The zero-order chi connectivity index (χ0) is 30.3. The first kappa shape index (κ1) is 37.4. The molecule has 0 N–H and O–H groups in total. The van der Waals surface area contributed by atoms with Gasteiger partial charge in [0.15, 0.2) is 5.78 Å². The van der Waals surface area contributed by atoms with Crippen LogP contribution in [-0.2, 0) is 4.79 Å². The van der Waals surface area contributed by atoms with Crippen molar-refractivity contribution < 1.29 is 4.79 Å². The van der Waals surface area contributed by atoms with E-state index in [4.69, 9.17) is 0 Å². The molecule has 0 heterocycles. The molecule has 2 nitrogen and oxygen atoms in total. The Kier molecular flexibility index (Phi) is 21.7. The van der Waals surface area contributed by atoms with E-state index in [-0.39, 0.29) is 5.78 Å². The topological polar surface area (TPSA) is 29.4 Å². The normalized spacial score (nSPS) is 11.3. The van der Waals surface area contributed by atoms with Gasteiger partial charge in [-0.1, -0.05) is 74.2 Å². The Hall–Kier alpha value is -2.56. The molecule has 0 saturated heterocycles. The van der Waals surface area contributed by atoms with Gasteiger partial charge in [0.2, 0.25) is 0 Å². The summed E-state index contributed by atoms with van der Waals surface area (Å²) in [4.78, 5) is 16.2. The fourth-order valence-electron chi connectivity index (χ4n) is 3.23. The number of ketones is 1. The zero-order valence-electron chi connectivity index (χ0n) is 26.2. The second kappa shape index (κ2) is 23.2. The van der Waals surface area contributed by atoms with Crippen molar-refractivity contribution in [2.24, 2.45) is 4.99 Å². The average Bonchev–Trinajstić information content (AvgIpc) is 2.93. The summed E-state index contributed by atoms with van der Waals surface area (Å²) in [5.41, 5.74) is 7.92. The van der Waals surface area contributed by atoms with Gasteiger partial charge in [-0.2, -0.15) is 11.8 Å². The van der Waals surface area contributed by atoms with E-state index in [1.165, 1.54) is 77.5 Å². The van der Waals surface area contributed by atoms with E-state index >= 15 is 0 Å². The number of allylic oxidation sites excluding steroid dienone is 5. The summed E-state index contributed by atoms with van der Waals surface area (Å²) in [6.07, 6.45) is 8.88. The Morgan fingerprint density at radius 2 is 1.52 bits per heavy atom. The van der Waals surface area contributed by atoms with Gasteiger partial charge in [-0.15, -0.1) is 11.8 Å². The standard InChI is InChI=1S/C13H24S2.C12H13NO.C11H14/c1-5-9-14-10-7-6-8-13(4)11-15-12(2)3;1-9-6-4-5-7-12(9)13-8-10(2)11(3)14;1-4-9(2)11-8-6-5-7-10(11)3/h11H,2,5-10H2,1,3-4H3;4-8H,2H2,1,3H3;4-8H,1-3H3/b13-11+;;9-4+. The summed E-state index contributed by atoms with van der Waals surface area (Å²) < 4.78 is 0. The number of hydrogen-bond donors (Lipinski definition) is 0. The van der Waals surface area contributed by atoms with Gasteiger partial charge in [0.05, 0.1) is 5.69 Å². The molecule has 0 aliphatic heterocycles. The van der Waals surface area contributed by atoms with Crippen LogP contribution in [0.25, 0.3) is 5.57 Å². The number of para-hydroxylation sites is 1. The summed E-state index contributed by atoms with van der Waals surface area (Å²) in [5.74, 6) is 2.59. The number of Topliss-reactive ketones (excluding diaryl/α,β-unsaturated/α-hetero) is 1. The summed E-state index contributed by atoms with van der Waals surface area (Å²) >= 11 is 3.83. The molecular formula is C36H51NOS2. The SMILES string of the molecule is C/C=C(\C)c1ccccc1C.C=C(C)S/C=C(\C)CCCCSCCC.C=C(C=Nc1ccccc1C)C(C)=O. The van der Waals surface area contributed by atoms with Gasteiger partial charge in [-0.3, -0.25) is 9.79 Å². The molecule has 0 aliphatic rings. The Balaban J connectivity index is 0.000000576. The minimum Gasteiger partial charge on any atom is -0.294 e. The largest absolute Gasteiger partial charge is 0.294 e. The predicted octanol–water partition coefficient (Wildman–Crippen LogP) is 11.7. The number of nitrogens with zero attached hydrogens (tertiary/aromatic N) is 1. The molecule has 0 amide bonds. The van der Waals surface area contributed by atoms with Crippen molar-refractivity contribution in [1.82, 2.24) is 0 Å². The monoisotopic (exact) mass is 577 g/mol. The highest BCUT2D eigenvalue weighted by molar-refractivity contribution is 8.05. The molecule has 0 fully saturated rings. The number of unbranched alkanes of at least 4 members (excludes halogenated alkanes) is 1. The van der Waals surface area contributed by atoms with Crippen LogP contribution in [-0.4, -0.2) is 23.5 Å². The van der Waals surface area contributed by atoms with Gasteiger partial charge < -0.3 is 0 Å². The zero-order valence-corrected chi connectivity index (χ0v) is 27.8. The highest BCUT2D eigenvalue weighted by Gasteiger charge is 1.97. The highest BCUT2D eigenvalue weighted by atomic mass is 32.2.